The van der Waals surface area contributed by atoms with Crippen LogP contribution in [0.2, 0.25) is 0 Å². The monoisotopic (exact) mass is 348 g/mol. The van der Waals surface area contributed by atoms with Crippen molar-refractivity contribution >= 4 is 11.6 Å². The second-order valence-electron chi connectivity index (χ2n) is 5.89. The Kier molecular flexibility index (Phi) is 5.06. The maximum Gasteiger partial charge on any atom is 0.264 e. The van der Waals surface area contributed by atoms with Gasteiger partial charge in [0.2, 0.25) is 6.10 Å². The lowest BCUT2D eigenvalue weighted by molar-refractivity contribution is -0.131. The molecular weight excluding hydrogens is 330 g/mol. The van der Waals surface area contributed by atoms with Crippen LogP contribution in [0.3, 0.4) is 0 Å². The number of nitrogens with zero attached hydrogens (tertiary/aromatic N) is 3. The summed E-state index contributed by atoms with van der Waals surface area (Å²) in [5.41, 5.74) is 1.33. The zero-order chi connectivity index (χ0) is 17.8. The van der Waals surface area contributed by atoms with E-state index in [1.807, 2.05) is 17.8 Å². The Morgan fingerprint density at radius 1 is 1.44 bits per heavy atom. The fraction of sp³-hybridized carbons (Fsp3) is 0.353. The molecule has 1 aliphatic rings. The van der Waals surface area contributed by atoms with Gasteiger partial charge >= 0.3 is 0 Å². The molecule has 6 nitrogen and oxygen atoms in total. The van der Waals surface area contributed by atoms with Crippen LogP contribution in [-0.2, 0) is 16.2 Å². The molecule has 0 fully saturated rings. The highest BCUT2D eigenvalue weighted by molar-refractivity contribution is 6.04. The predicted molar refractivity (Wildman–Crippen MR) is 87.0 cm³/mol. The molecule has 0 bridgehead atoms. The lowest BCUT2D eigenvalue weighted by Gasteiger charge is -2.09. The van der Waals surface area contributed by atoms with Gasteiger partial charge in [0, 0.05) is 31.3 Å². The minimum absolute atomic E-state index is 0.0179. The molecule has 2 aromatic rings. The summed E-state index contributed by atoms with van der Waals surface area (Å²) in [7, 11) is 0. The number of carbonyl (C=O) groups is 1. The molecule has 0 spiro atoms. The summed E-state index contributed by atoms with van der Waals surface area (Å²) in [6.45, 7) is 3.11. The van der Waals surface area contributed by atoms with Crippen molar-refractivity contribution in [2.45, 2.75) is 32.4 Å². The van der Waals surface area contributed by atoms with Crippen molar-refractivity contribution in [1.29, 1.82) is 0 Å². The van der Waals surface area contributed by atoms with Gasteiger partial charge in [0.1, 0.15) is 11.6 Å². The fourth-order valence-corrected chi connectivity index (χ4v) is 2.55. The van der Waals surface area contributed by atoms with Crippen LogP contribution in [0.1, 0.15) is 24.0 Å². The van der Waals surface area contributed by atoms with Gasteiger partial charge in [0.05, 0.1) is 11.9 Å². The number of amides is 1. The summed E-state index contributed by atoms with van der Waals surface area (Å²) in [5.74, 6) is -1.49. The lowest BCUT2D eigenvalue weighted by Crippen LogP contribution is -2.35. The Morgan fingerprint density at radius 3 is 3.04 bits per heavy atom. The van der Waals surface area contributed by atoms with E-state index in [9.17, 15) is 13.6 Å². The molecule has 1 N–H and O–H groups in total. The molecule has 1 atom stereocenters. The minimum atomic E-state index is -0.829. The number of halogens is 2. The smallest absolute Gasteiger partial charge is 0.264 e. The summed E-state index contributed by atoms with van der Waals surface area (Å²) in [6, 6.07) is 3.10. The third-order valence-electron chi connectivity index (χ3n) is 3.83. The molecule has 1 aliphatic heterocycles. The van der Waals surface area contributed by atoms with Crippen LogP contribution >= 0.6 is 0 Å². The second kappa shape index (κ2) is 7.42. The standard InChI is InChI=1S/C17H18F2N4O2/c1-11-9-21-23(10-11)6-2-5-20-17(24)16-8-15(22-25-16)13-7-12(18)3-4-14(13)19/h3-4,7,9-10,16H,2,5-6,8H2,1H3,(H,20,24)/t16-/m1/s1. The molecule has 25 heavy (non-hydrogen) atoms. The van der Waals surface area contributed by atoms with E-state index >= 15 is 0 Å². The summed E-state index contributed by atoms with van der Waals surface area (Å²) in [5, 5.41) is 10.6. The normalized spacial score (nSPS) is 16.4. The van der Waals surface area contributed by atoms with E-state index in [0.717, 1.165) is 23.8 Å². The first-order valence-electron chi connectivity index (χ1n) is 7.98. The Bertz CT molecular complexity index is 804. The van der Waals surface area contributed by atoms with Crippen molar-refractivity contribution in [3.05, 3.63) is 53.4 Å². The third kappa shape index (κ3) is 4.20. The number of hydrogen-bond donors (Lipinski definition) is 1. The van der Waals surface area contributed by atoms with Crippen LogP contribution in [0.4, 0.5) is 8.78 Å². The molecular formula is C17H18F2N4O2. The molecule has 1 amide bonds. The van der Waals surface area contributed by atoms with E-state index in [0.29, 0.717) is 19.5 Å². The zero-order valence-corrected chi connectivity index (χ0v) is 13.7. The van der Waals surface area contributed by atoms with Gasteiger partial charge in [-0.05, 0) is 37.1 Å². The van der Waals surface area contributed by atoms with E-state index in [1.165, 1.54) is 0 Å². The van der Waals surface area contributed by atoms with Gasteiger partial charge < -0.3 is 10.2 Å². The highest BCUT2D eigenvalue weighted by Gasteiger charge is 2.30. The molecule has 1 aromatic heterocycles. The Hall–Kier alpha value is -2.77. The van der Waals surface area contributed by atoms with Crippen molar-refractivity contribution in [3.8, 4) is 0 Å². The van der Waals surface area contributed by atoms with E-state index in [2.05, 4.69) is 15.6 Å². The lowest BCUT2D eigenvalue weighted by atomic mass is 10.0. The average molecular weight is 348 g/mol. The first-order chi connectivity index (χ1) is 12.0. The SMILES string of the molecule is Cc1cnn(CCCNC(=O)[C@H]2CC(c3cc(F)ccc3F)=NO2)c1. The molecule has 2 heterocycles. The first kappa shape index (κ1) is 17.1. The summed E-state index contributed by atoms with van der Waals surface area (Å²) < 4.78 is 28.8. The second-order valence-corrected chi connectivity index (χ2v) is 5.89. The summed E-state index contributed by atoms with van der Waals surface area (Å²) in [6.07, 6.45) is 3.69. The maximum absolute atomic E-state index is 13.7. The van der Waals surface area contributed by atoms with Crippen molar-refractivity contribution < 1.29 is 18.4 Å². The summed E-state index contributed by atoms with van der Waals surface area (Å²) >= 11 is 0. The third-order valence-corrected chi connectivity index (χ3v) is 3.83. The van der Waals surface area contributed by atoms with Crippen LogP contribution in [0.25, 0.3) is 0 Å². The molecule has 0 saturated heterocycles. The van der Waals surface area contributed by atoms with Gasteiger partial charge in [-0.1, -0.05) is 5.16 Å². The fourth-order valence-electron chi connectivity index (χ4n) is 2.55. The summed E-state index contributed by atoms with van der Waals surface area (Å²) in [4.78, 5) is 17.2. The van der Waals surface area contributed by atoms with Crippen LogP contribution in [0, 0.1) is 18.6 Å². The van der Waals surface area contributed by atoms with E-state index in [1.54, 1.807) is 6.20 Å². The van der Waals surface area contributed by atoms with E-state index in [-0.39, 0.29) is 23.6 Å². The van der Waals surface area contributed by atoms with Gasteiger partial charge in [-0.25, -0.2) is 8.78 Å². The quantitative estimate of drug-likeness (QED) is 0.814. The first-order valence-corrected chi connectivity index (χ1v) is 7.98. The van der Waals surface area contributed by atoms with Crippen LogP contribution in [0.5, 0.6) is 0 Å². The van der Waals surface area contributed by atoms with Crippen LogP contribution in [-0.4, -0.2) is 34.0 Å². The molecule has 0 radical (unpaired) electrons. The molecule has 8 heteroatoms. The maximum atomic E-state index is 13.7. The number of carbonyl (C=O) groups excluding carboxylic acids is 1. The van der Waals surface area contributed by atoms with Crippen molar-refractivity contribution in [3.63, 3.8) is 0 Å². The van der Waals surface area contributed by atoms with Crippen molar-refractivity contribution in [2.24, 2.45) is 5.16 Å². The van der Waals surface area contributed by atoms with Crippen LogP contribution < -0.4 is 5.32 Å². The van der Waals surface area contributed by atoms with Gasteiger partial charge in [0.15, 0.2) is 0 Å². The molecule has 132 valence electrons. The van der Waals surface area contributed by atoms with Gasteiger partial charge in [-0.2, -0.15) is 5.10 Å². The minimum Gasteiger partial charge on any atom is -0.382 e. The topological polar surface area (TPSA) is 68.5 Å². The number of oxime groups is 1. The van der Waals surface area contributed by atoms with Gasteiger partial charge in [-0.15, -0.1) is 0 Å². The number of rotatable bonds is 6. The Balaban J connectivity index is 1.46. The highest BCUT2D eigenvalue weighted by atomic mass is 19.1. The molecule has 3 rings (SSSR count). The average Bonchev–Trinajstić information content (AvgIpc) is 3.23. The Morgan fingerprint density at radius 2 is 2.28 bits per heavy atom. The predicted octanol–water partition coefficient (Wildman–Crippen LogP) is 2.17. The van der Waals surface area contributed by atoms with Gasteiger partial charge in [0.25, 0.3) is 5.91 Å². The number of benzene rings is 1. The number of nitrogens with one attached hydrogen (secondary N) is 1. The zero-order valence-electron chi connectivity index (χ0n) is 13.7. The number of aryl methyl sites for hydroxylation is 2. The molecule has 1 aromatic carbocycles. The largest absolute Gasteiger partial charge is 0.382 e. The van der Waals surface area contributed by atoms with Crippen molar-refractivity contribution in [1.82, 2.24) is 15.1 Å². The highest BCUT2D eigenvalue weighted by Crippen LogP contribution is 2.20. The van der Waals surface area contributed by atoms with E-state index < -0.39 is 17.7 Å². The molecule has 0 aliphatic carbocycles. The molecule has 0 unspecified atom stereocenters. The number of aromatic nitrogens is 2. The van der Waals surface area contributed by atoms with Crippen molar-refractivity contribution in [2.75, 3.05) is 6.54 Å². The van der Waals surface area contributed by atoms with E-state index in [4.69, 9.17) is 4.84 Å². The van der Waals surface area contributed by atoms with Crippen LogP contribution in [0.15, 0.2) is 35.7 Å². The Labute approximate surface area is 143 Å². The molecule has 0 saturated carbocycles. The van der Waals surface area contributed by atoms with Gasteiger partial charge in [-0.3, -0.25) is 9.48 Å². The number of hydrogen-bond acceptors (Lipinski definition) is 4.